The first-order valence-electron chi connectivity index (χ1n) is 6.01. The highest BCUT2D eigenvalue weighted by atomic mass is 79.9. The number of nitrogens with zero attached hydrogens (tertiary/aromatic N) is 2. The zero-order valence-corrected chi connectivity index (χ0v) is 13.0. The Morgan fingerprint density at radius 1 is 1.37 bits per heavy atom. The molecule has 102 valence electrons. The van der Waals surface area contributed by atoms with Crippen LogP contribution in [0, 0.1) is 20.8 Å². The van der Waals surface area contributed by atoms with E-state index in [2.05, 4.69) is 31.4 Å². The van der Waals surface area contributed by atoms with Crippen molar-refractivity contribution in [2.24, 2.45) is 0 Å². The Bertz CT molecular complexity index is 589. The molecule has 19 heavy (non-hydrogen) atoms. The van der Waals surface area contributed by atoms with E-state index in [9.17, 15) is 0 Å². The lowest BCUT2D eigenvalue weighted by Gasteiger charge is -2.17. The Kier molecular flexibility index (Phi) is 3.80. The second-order valence-electron chi connectivity index (χ2n) is 4.61. The lowest BCUT2D eigenvalue weighted by molar-refractivity contribution is 0.392. The predicted octanol–water partition coefficient (Wildman–Crippen LogP) is 3.51. The first-order valence-corrected chi connectivity index (χ1v) is 6.81. The fourth-order valence-electron chi connectivity index (χ4n) is 2.08. The highest BCUT2D eigenvalue weighted by molar-refractivity contribution is 9.10. The van der Waals surface area contributed by atoms with E-state index in [-0.39, 0.29) is 6.04 Å². The molecule has 6 heteroatoms. The SMILES string of the molecule is Cc1noc(C)c1C(C)Nc1ncc(N)c(C)c1Br. The fraction of sp³-hybridized carbons (Fsp3) is 0.385. The summed E-state index contributed by atoms with van der Waals surface area (Å²) in [5, 5.41) is 7.31. The first kappa shape index (κ1) is 13.9. The summed E-state index contributed by atoms with van der Waals surface area (Å²) in [6.07, 6.45) is 1.66. The molecule has 3 N–H and O–H groups in total. The number of hydrogen-bond acceptors (Lipinski definition) is 5. The van der Waals surface area contributed by atoms with Gasteiger partial charge in [0.15, 0.2) is 0 Å². The fourth-order valence-corrected chi connectivity index (χ4v) is 2.52. The topological polar surface area (TPSA) is 77.0 Å². The molecule has 0 fully saturated rings. The summed E-state index contributed by atoms with van der Waals surface area (Å²) in [5.41, 5.74) is 9.41. The van der Waals surface area contributed by atoms with Crippen molar-refractivity contribution in [1.29, 1.82) is 0 Å². The summed E-state index contributed by atoms with van der Waals surface area (Å²) < 4.78 is 6.07. The van der Waals surface area contributed by atoms with Gasteiger partial charge in [-0.25, -0.2) is 4.98 Å². The van der Waals surface area contributed by atoms with Crippen molar-refractivity contribution in [2.45, 2.75) is 33.7 Å². The maximum absolute atomic E-state index is 5.82. The van der Waals surface area contributed by atoms with Crippen molar-refractivity contribution in [1.82, 2.24) is 10.1 Å². The molecule has 0 aliphatic carbocycles. The number of hydrogen-bond donors (Lipinski definition) is 2. The molecule has 1 atom stereocenters. The lowest BCUT2D eigenvalue weighted by Crippen LogP contribution is -2.11. The number of halogens is 1. The van der Waals surface area contributed by atoms with Crippen molar-refractivity contribution in [3.05, 3.63) is 33.3 Å². The number of nitrogen functional groups attached to an aromatic ring is 1. The summed E-state index contributed by atoms with van der Waals surface area (Å²) in [4.78, 5) is 4.31. The zero-order valence-electron chi connectivity index (χ0n) is 11.4. The second kappa shape index (κ2) is 5.21. The van der Waals surface area contributed by atoms with Crippen LogP contribution in [0.4, 0.5) is 11.5 Å². The third-order valence-corrected chi connectivity index (χ3v) is 4.15. The van der Waals surface area contributed by atoms with Crippen molar-refractivity contribution in [3.63, 3.8) is 0 Å². The summed E-state index contributed by atoms with van der Waals surface area (Å²) >= 11 is 3.52. The van der Waals surface area contributed by atoms with Gasteiger partial charge in [0.1, 0.15) is 11.6 Å². The van der Waals surface area contributed by atoms with Gasteiger partial charge in [-0.15, -0.1) is 0 Å². The minimum atomic E-state index is 0.0538. The molecule has 0 saturated heterocycles. The van der Waals surface area contributed by atoms with Crippen LogP contribution in [0.15, 0.2) is 15.2 Å². The maximum Gasteiger partial charge on any atom is 0.141 e. The molecule has 0 aromatic carbocycles. The van der Waals surface area contributed by atoms with E-state index in [0.29, 0.717) is 5.69 Å². The minimum absolute atomic E-state index is 0.0538. The van der Waals surface area contributed by atoms with Crippen LogP contribution in [0.1, 0.15) is 35.5 Å². The smallest absolute Gasteiger partial charge is 0.141 e. The van der Waals surface area contributed by atoms with Gasteiger partial charge in [0.25, 0.3) is 0 Å². The summed E-state index contributed by atoms with van der Waals surface area (Å²) in [6, 6.07) is 0.0538. The van der Waals surface area contributed by atoms with E-state index in [1.54, 1.807) is 6.20 Å². The Balaban J connectivity index is 2.30. The largest absolute Gasteiger partial charge is 0.397 e. The van der Waals surface area contributed by atoms with Crippen LogP contribution in [0.25, 0.3) is 0 Å². The molecular weight excluding hydrogens is 308 g/mol. The van der Waals surface area contributed by atoms with Crippen LogP contribution < -0.4 is 11.1 Å². The van der Waals surface area contributed by atoms with E-state index in [0.717, 1.165) is 32.9 Å². The van der Waals surface area contributed by atoms with Gasteiger partial charge in [-0.3, -0.25) is 0 Å². The number of aromatic nitrogens is 2. The molecule has 2 rings (SSSR count). The molecule has 0 aliphatic heterocycles. The van der Waals surface area contributed by atoms with Gasteiger partial charge in [-0.05, 0) is 49.2 Å². The Labute approximate surface area is 120 Å². The van der Waals surface area contributed by atoms with Crippen molar-refractivity contribution in [3.8, 4) is 0 Å². The molecule has 0 aliphatic rings. The maximum atomic E-state index is 5.82. The second-order valence-corrected chi connectivity index (χ2v) is 5.40. The summed E-state index contributed by atoms with van der Waals surface area (Å²) in [7, 11) is 0. The quantitative estimate of drug-likeness (QED) is 0.903. The number of anilines is 2. The molecule has 0 amide bonds. The molecule has 0 spiro atoms. The first-order chi connectivity index (χ1) is 8.91. The Morgan fingerprint density at radius 3 is 2.63 bits per heavy atom. The van der Waals surface area contributed by atoms with Crippen LogP contribution in [0.2, 0.25) is 0 Å². The number of pyridine rings is 1. The highest BCUT2D eigenvalue weighted by Gasteiger charge is 2.18. The molecule has 2 aromatic rings. The summed E-state index contributed by atoms with van der Waals surface area (Å²) in [5.74, 6) is 1.58. The molecule has 1 unspecified atom stereocenters. The van der Waals surface area contributed by atoms with Gasteiger partial charge in [-0.1, -0.05) is 5.16 Å². The van der Waals surface area contributed by atoms with Crippen molar-refractivity contribution < 1.29 is 4.52 Å². The third kappa shape index (κ3) is 2.58. The van der Waals surface area contributed by atoms with Gasteiger partial charge in [0.2, 0.25) is 0 Å². The standard InChI is InChI=1S/C13H17BrN4O/c1-6-10(15)5-16-13(12(6)14)17-7(2)11-8(3)18-19-9(11)4/h5,7H,15H2,1-4H3,(H,16,17). The normalized spacial score (nSPS) is 12.5. The molecule has 2 heterocycles. The van der Waals surface area contributed by atoms with E-state index in [1.807, 2.05) is 27.7 Å². The molecule has 0 bridgehead atoms. The van der Waals surface area contributed by atoms with Gasteiger partial charge in [0, 0.05) is 5.56 Å². The van der Waals surface area contributed by atoms with E-state index >= 15 is 0 Å². The number of nitrogens with two attached hydrogens (primary N) is 1. The molecular formula is C13H17BrN4O. The lowest BCUT2D eigenvalue weighted by atomic mass is 10.1. The minimum Gasteiger partial charge on any atom is -0.397 e. The van der Waals surface area contributed by atoms with E-state index in [4.69, 9.17) is 10.3 Å². The van der Waals surface area contributed by atoms with Crippen molar-refractivity contribution >= 4 is 27.4 Å². The molecule has 0 saturated carbocycles. The average molecular weight is 325 g/mol. The number of nitrogens with one attached hydrogen (secondary N) is 1. The average Bonchev–Trinajstić information content (AvgIpc) is 2.70. The van der Waals surface area contributed by atoms with Gasteiger partial charge >= 0.3 is 0 Å². The predicted molar refractivity (Wildman–Crippen MR) is 79.1 cm³/mol. The zero-order chi connectivity index (χ0) is 14.2. The van der Waals surface area contributed by atoms with Crippen LogP contribution in [0.3, 0.4) is 0 Å². The van der Waals surface area contributed by atoms with E-state index < -0.39 is 0 Å². The van der Waals surface area contributed by atoms with Crippen LogP contribution in [-0.2, 0) is 0 Å². The van der Waals surface area contributed by atoms with Crippen LogP contribution >= 0.6 is 15.9 Å². The summed E-state index contributed by atoms with van der Waals surface area (Å²) in [6.45, 7) is 7.84. The Morgan fingerprint density at radius 2 is 2.05 bits per heavy atom. The Hall–Kier alpha value is -1.56. The van der Waals surface area contributed by atoms with Gasteiger partial charge in [0.05, 0.1) is 28.1 Å². The van der Waals surface area contributed by atoms with E-state index in [1.165, 1.54) is 0 Å². The molecule has 2 aromatic heterocycles. The van der Waals surface area contributed by atoms with Crippen molar-refractivity contribution in [2.75, 3.05) is 11.1 Å². The van der Waals surface area contributed by atoms with Gasteiger partial charge < -0.3 is 15.6 Å². The molecule has 5 nitrogen and oxygen atoms in total. The van der Waals surface area contributed by atoms with Crippen LogP contribution in [0.5, 0.6) is 0 Å². The monoisotopic (exact) mass is 324 g/mol. The number of rotatable bonds is 3. The molecule has 0 radical (unpaired) electrons. The number of aryl methyl sites for hydroxylation is 2. The van der Waals surface area contributed by atoms with Gasteiger partial charge in [-0.2, -0.15) is 0 Å². The highest BCUT2D eigenvalue weighted by Crippen LogP contribution is 2.31. The van der Waals surface area contributed by atoms with Crippen LogP contribution in [-0.4, -0.2) is 10.1 Å². The third-order valence-electron chi connectivity index (χ3n) is 3.18.